The Labute approximate surface area is 110 Å². The maximum Gasteiger partial charge on any atom is 0.137 e. The number of aromatic nitrogens is 2. The van der Waals surface area contributed by atoms with Gasteiger partial charge in [-0.2, -0.15) is 0 Å². The van der Waals surface area contributed by atoms with Crippen molar-refractivity contribution < 1.29 is 0 Å². The predicted octanol–water partition coefficient (Wildman–Crippen LogP) is 2.69. The molecule has 0 saturated carbocycles. The number of aryl methyl sites for hydroxylation is 1. The molecule has 1 aromatic heterocycles. The minimum Gasteiger partial charge on any atom is -0.383 e. The van der Waals surface area contributed by atoms with Gasteiger partial charge in [-0.15, -0.1) is 0 Å². The van der Waals surface area contributed by atoms with E-state index < -0.39 is 0 Å². The third-order valence-electron chi connectivity index (χ3n) is 4.51. The van der Waals surface area contributed by atoms with Gasteiger partial charge in [-0.05, 0) is 38.5 Å². The molecule has 1 saturated heterocycles. The molecule has 18 heavy (non-hydrogen) atoms. The van der Waals surface area contributed by atoms with Crippen LogP contribution in [0.3, 0.4) is 0 Å². The zero-order chi connectivity index (χ0) is 13.3. The van der Waals surface area contributed by atoms with Crippen molar-refractivity contribution in [2.75, 3.05) is 23.7 Å². The van der Waals surface area contributed by atoms with E-state index in [0.717, 1.165) is 30.3 Å². The van der Waals surface area contributed by atoms with E-state index in [4.69, 9.17) is 5.73 Å². The van der Waals surface area contributed by atoms with Gasteiger partial charge in [0.15, 0.2) is 0 Å². The molecular formula is C14H24N4. The van der Waals surface area contributed by atoms with Crippen LogP contribution >= 0.6 is 0 Å². The summed E-state index contributed by atoms with van der Waals surface area (Å²) in [5.74, 6) is 2.41. The highest BCUT2D eigenvalue weighted by atomic mass is 15.2. The van der Waals surface area contributed by atoms with Gasteiger partial charge in [-0.3, -0.25) is 0 Å². The van der Waals surface area contributed by atoms with Crippen LogP contribution in [0.25, 0.3) is 0 Å². The second kappa shape index (κ2) is 4.75. The van der Waals surface area contributed by atoms with E-state index >= 15 is 0 Å². The van der Waals surface area contributed by atoms with E-state index in [2.05, 4.69) is 28.7 Å². The minimum absolute atomic E-state index is 0.458. The Morgan fingerprint density at radius 3 is 2.44 bits per heavy atom. The number of nitrogens with two attached hydrogens (primary N) is 1. The summed E-state index contributed by atoms with van der Waals surface area (Å²) >= 11 is 0. The van der Waals surface area contributed by atoms with Gasteiger partial charge in [0.2, 0.25) is 0 Å². The maximum absolute atomic E-state index is 5.94. The Kier molecular flexibility index (Phi) is 3.46. The Hall–Kier alpha value is -1.32. The molecule has 1 fully saturated rings. The molecule has 2 heterocycles. The van der Waals surface area contributed by atoms with E-state index in [-0.39, 0.29) is 0 Å². The second-order valence-electron chi connectivity index (χ2n) is 5.48. The summed E-state index contributed by atoms with van der Waals surface area (Å²) in [7, 11) is 0. The lowest BCUT2D eigenvalue weighted by Crippen LogP contribution is -2.27. The molecule has 1 aliphatic heterocycles. The normalized spacial score (nSPS) is 18.3. The molecule has 4 heteroatoms. The molecule has 1 aliphatic rings. The fourth-order valence-corrected chi connectivity index (χ4v) is 2.89. The Bertz CT molecular complexity index is 438. The van der Waals surface area contributed by atoms with Crippen LogP contribution in [-0.2, 0) is 0 Å². The number of hydrogen-bond donors (Lipinski definition) is 1. The summed E-state index contributed by atoms with van der Waals surface area (Å²) in [5.41, 5.74) is 7.42. The fraction of sp³-hybridized carbons (Fsp3) is 0.714. The molecule has 0 amide bonds. The maximum atomic E-state index is 5.94. The lowest BCUT2D eigenvalue weighted by atomic mass is 9.82. The molecule has 0 atom stereocenters. The van der Waals surface area contributed by atoms with Gasteiger partial charge in [0.1, 0.15) is 17.5 Å². The highest BCUT2D eigenvalue weighted by Crippen LogP contribution is 2.39. The van der Waals surface area contributed by atoms with Crippen molar-refractivity contribution in [3.8, 4) is 0 Å². The van der Waals surface area contributed by atoms with Crippen molar-refractivity contribution in [1.29, 1.82) is 0 Å². The van der Waals surface area contributed by atoms with Gasteiger partial charge in [-0.25, -0.2) is 9.97 Å². The van der Waals surface area contributed by atoms with Crippen molar-refractivity contribution in [1.82, 2.24) is 9.97 Å². The van der Waals surface area contributed by atoms with Crippen molar-refractivity contribution in [2.24, 2.45) is 5.41 Å². The van der Waals surface area contributed by atoms with Gasteiger partial charge in [0.05, 0.1) is 0 Å². The second-order valence-corrected chi connectivity index (χ2v) is 5.48. The Balaban J connectivity index is 2.29. The van der Waals surface area contributed by atoms with Crippen molar-refractivity contribution in [2.45, 2.75) is 47.0 Å². The average Bonchev–Trinajstić information content (AvgIpc) is 2.79. The highest BCUT2D eigenvalue weighted by molar-refractivity contribution is 5.57. The third kappa shape index (κ3) is 2.16. The van der Waals surface area contributed by atoms with Gasteiger partial charge < -0.3 is 10.6 Å². The van der Waals surface area contributed by atoms with Crippen LogP contribution in [0.4, 0.5) is 11.6 Å². The Morgan fingerprint density at radius 2 is 1.89 bits per heavy atom. The van der Waals surface area contributed by atoms with Crippen molar-refractivity contribution in [3.05, 3.63) is 11.4 Å². The quantitative estimate of drug-likeness (QED) is 0.893. The first-order valence-electron chi connectivity index (χ1n) is 6.87. The van der Waals surface area contributed by atoms with Crippen LogP contribution in [0.15, 0.2) is 0 Å². The van der Waals surface area contributed by atoms with E-state index in [1.807, 2.05) is 13.8 Å². The zero-order valence-electron chi connectivity index (χ0n) is 12.0. The fourth-order valence-electron chi connectivity index (χ4n) is 2.89. The summed E-state index contributed by atoms with van der Waals surface area (Å²) in [6, 6.07) is 0. The minimum atomic E-state index is 0.458. The number of rotatable bonds is 3. The topological polar surface area (TPSA) is 55.0 Å². The van der Waals surface area contributed by atoms with Crippen LogP contribution in [0, 0.1) is 19.3 Å². The van der Waals surface area contributed by atoms with Gasteiger partial charge in [0, 0.05) is 18.7 Å². The molecule has 0 radical (unpaired) electrons. The third-order valence-corrected chi connectivity index (χ3v) is 4.51. The largest absolute Gasteiger partial charge is 0.383 e. The van der Waals surface area contributed by atoms with Crippen LogP contribution in [0.5, 0.6) is 0 Å². The first-order chi connectivity index (χ1) is 8.51. The molecule has 1 aromatic rings. The summed E-state index contributed by atoms with van der Waals surface area (Å²) in [5, 5.41) is 0. The first-order valence-corrected chi connectivity index (χ1v) is 6.87. The summed E-state index contributed by atoms with van der Waals surface area (Å²) in [6.45, 7) is 10.7. The molecule has 2 rings (SSSR count). The summed E-state index contributed by atoms with van der Waals surface area (Å²) in [6.07, 6.45) is 3.72. The van der Waals surface area contributed by atoms with E-state index in [0.29, 0.717) is 11.2 Å². The SMILES string of the molecule is CCC1(CC)CCN(c2nc(C)nc(N)c2C)C1. The summed E-state index contributed by atoms with van der Waals surface area (Å²) in [4.78, 5) is 11.2. The predicted molar refractivity (Wildman–Crippen MR) is 75.8 cm³/mol. The van der Waals surface area contributed by atoms with Crippen LogP contribution in [0.1, 0.15) is 44.5 Å². The molecule has 100 valence electrons. The van der Waals surface area contributed by atoms with Gasteiger partial charge >= 0.3 is 0 Å². The van der Waals surface area contributed by atoms with E-state index in [9.17, 15) is 0 Å². The molecular weight excluding hydrogens is 224 g/mol. The zero-order valence-corrected chi connectivity index (χ0v) is 12.0. The van der Waals surface area contributed by atoms with Crippen molar-refractivity contribution >= 4 is 11.6 Å². The monoisotopic (exact) mass is 248 g/mol. The number of anilines is 2. The van der Waals surface area contributed by atoms with Gasteiger partial charge in [0.25, 0.3) is 0 Å². The molecule has 0 aliphatic carbocycles. The number of nitrogens with zero attached hydrogens (tertiary/aromatic N) is 3. The standard InChI is InChI=1S/C14H24N4/c1-5-14(6-2)7-8-18(9-14)13-10(3)12(15)16-11(4)17-13/h5-9H2,1-4H3,(H2,15,16,17). The number of hydrogen-bond acceptors (Lipinski definition) is 4. The smallest absolute Gasteiger partial charge is 0.137 e. The molecule has 2 N–H and O–H groups in total. The first kappa shape index (κ1) is 13.1. The van der Waals surface area contributed by atoms with Gasteiger partial charge in [-0.1, -0.05) is 13.8 Å². The lowest BCUT2D eigenvalue weighted by molar-refractivity contribution is 0.301. The Morgan fingerprint density at radius 1 is 1.22 bits per heavy atom. The average molecular weight is 248 g/mol. The van der Waals surface area contributed by atoms with Crippen LogP contribution in [-0.4, -0.2) is 23.1 Å². The molecule has 0 unspecified atom stereocenters. The van der Waals surface area contributed by atoms with Crippen LogP contribution in [0.2, 0.25) is 0 Å². The van der Waals surface area contributed by atoms with E-state index in [1.165, 1.54) is 19.3 Å². The molecule has 0 aromatic carbocycles. The van der Waals surface area contributed by atoms with Crippen LogP contribution < -0.4 is 10.6 Å². The summed E-state index contributed by atoms with van der Waals surface area (Å²) < 4.78 is 0. The molecule has 4 nitrogen and oxygen atoms in total. The highest BCUT2D eigenvalue weighted by Gasteiger charge is 2.36. The molecule has 0 spiro atoms. The van der Waals surface area contributed by atoms with Crippen molar-refractivity contribution in [3.63, 3.8) is 0 Å². The molecule has 0 bridgehead atoms. The van der Waals surface area contributed by atoms with E-state index in [1.54, 1.807) is 0 Å². The number of nitrogen functional groups attached to an aromatic ring is 1. The lowest BCUT2D eigenvalue weighted by Gasteiger charge is -2.27.